The van der Waals surface area contributed by atoms with Gasteiger partial charge in [-0.15, -0.1) is 0 Å². The van der Waals surface area contributed by atoms with Crippen LogP contribution in [0.4, 0.5) is 0 Å². The van der Waals surface area contributed by atoms with Crippen LogP contribution in [0.5, 0.6) is 0 Å². The Morgan fingerprint density at radius 3 is 2.56 bits per heavy atom. The summed E-state index contributed by atoms with van der Waals surface area (Å²) < 4.78 is 4.91. The van der Waals surface area contributed by atoms with Gasteiger partial charge in [0.15, 0.2) is 0 Å². The van der Waals surface area contributed by atoms with E-state index in [0.717, 1.165) is 17.9 Å². The van der Waals surface area contributed by atoms with E-state index in [9.17, 15) is 4.79 Å². The molecular formula is C15H21NO2. The first-order valence-electron chi connectivity index (χ1n) is 6.65. The number of carbonyl (C=O) groups is 1. The SMILES string of the molecule is CCC(NC(C(=O)OC)c1ccccc1)C1CC1. The summed E-state index contributed by atoms with van der Waals surface area (Å²) in [5.41, 5.74) is 0.975. The van der Waals surface area contributed by atoms with Crippen LogP contribution in [-0.2, 0) is 9.53 Å². The molecule has 3 nitrogen and oxygen atoms in total. The minimum atomic E-state index is -0.346. The van der Waals surface area contributed by atoms with E-state index in [4.69, 9.17) is 4.74 Å². The number of carbonyl (C=O) groups excluding carboxylic acids is 1. The number of nitrogens with one attached hydrogen (secondary N) is 1. The summed E-state index contributed by atoms with van der Waals surface area (Å²) in [5, 5.41) is 3.46. The van der Waals surface area contributed by atoms with E-state index in [0.29, 0.717) is 6.04 Å². The van der Waals surface area contributed by atoms with Gasteiger partial charge in [0.2, 0.25) is 0 Å². The number of rotatable bonds is 6. The maximum absolute atomic E-state index is 11.9. The third-order valence-corrected chi connectivity index (χ3v) is 3.58. The van der Waals surface area contributed by atoms with Gasteiger partial charge in [0.25, 0.3) is 0 Å². The monoisotopic (exact) mass is 247 g/mol. The zero-order valence-corrected chi connectivity index (χ0v) is 11.1. The fourth-order valence-electron chi connectivity index (χ4n) is 2.36. The molecule has 18 heavy (non-hydrogen) atoms. The molecule has 0 bridgehead atoms. The summed E-state index contributed by atoms with van der Waals surface area (Å²) in [6.45, 7) is 2.16. The third kappa shape index (κ3) is 3.10. The van der Waals surface area contributed by atoms with Gasteiger partial charge in [-0.05, 0) is 30.7 Å². The van der Waals surface area contributed by atoms with Crippen molar-refractivity contribution < 1.29 is 9.53 Å². The van der Waals surface area contributed by atoms with Crippen LogP contribution in [-0.4, -0.2) is 19.1 Å². The predicted molar refractivity (Wildman–Crippen MR) is 71.1 cm³/mol. The molecule has 2 rings (SSSR count). The van der Waals surface area contributed by atoms with Crippen molar-refractivity contribution in [2.45, 2.75) is 38.3 Å². The quantitative estimate of drug-likeness (QED) is 0.785. The van der Waals surface area contributed by atoms with Gasteiger partial charge in [-0.25, -0.2) is 4.79 Å². The Bertz CT molecular complexity index is 387. The molecule has 2 atom stereocenters. The summed E-state index contributed by atoms with van der Waals surface area (Å²) in [6, 6.07) is 9.85. The zero-order chi connectivity index (χ0) is 13.0. The first kappa shape index (κ1) is 13.1. The molecule has 0 aliphatic heterocycles. The summed E-state index contributed by atoms with van der Waals surface area (Å²) in [4.78, 5) is 11.9. The molecule has 1 aromatic rings. The van der Waals surface area contributed by atoms with Gasteiger partial charge < -0.3 is 4.74 Å². The van der Waals surface area contributed by atoms with Crippen LogP contribution in [0.25, 0.3) is 0 Å². The lowest BCUT2D eigenvalue weighted by Gasteiger charge is -2.23. The van der Waals surface area contributed by atoms with E-state index in [2.05, 4.69) is 12.2 Å². The second kappa shape index (κ2) is 6.01. The fraction of sp³-hybridized carbons (Fsp3) is 0.533. The Hall–Kier alpha value is -1.35. The molecule has 0 radical (unpaired) electrons. The van der Waals surface area contributed by atoms with Crippen molar-refractivity contribution in [1.82, 2.24) is 5.32 Å². The highest BCUT2D eigenvalue weighted by Gasteiger charge is 2.33. The summed E-state index contributed by atoms with van der Waals surface area (Å²) in [6.07, 6.45) is 3.59. The van der Waals surface area contributed by atoms with Crippen molar-refractivity contribution in [3.63, 3.8) is 0 Å². The number of hydrogen-bond donors (Lipinski definition) is 1. The maximum atomic E-state index is 11.9. The van der Waals surface area contributed by atoms with E-state index < -0.39 is 0 Å². The van der Waals surface area contributed by atoms with Crippen LogP contribution >= 0.6 is 0 Å². The lowest BCUT2D eigenvalue weighted by Crippen LogP contribution is -2.38. The van der Waals surface area contributed by atoms with Gasteiger partial charge in [0.05, 0.1) is 7.11 Å². The van der Waals surface area contributed by atoms with Crippen molar-refractivity contribution in [3.05, 3.63) is 35.9 Å². The molecule has 1 saturated carbocycles. The summed E-state index contributed by atoms with van der Waals surface area (Å²) >= 11 is 0. The van der Waals surface area contributed by atoms with Crippen LogP contribution in [0.3, 0.4) is 0 Å². The Morgan fingerprint density at radius 1 is 1.39 bits per heavy atom. The Morgan fingerprint density at radius 2 is 2.06 bits per heavy atom. The third-order valence-electron chi connectivity index (χ3n) is 3.58. The summed E-state index contributed by atoms with van der Waals surface area (Å²) in [5.74, 6) is 0.520. The van der Waals surface area contributed by atoms with E-state index in [1.54, 1.807) is 0 Å². The largest absolute Gasteiger partial charge is 0.468 e. The van der Waals surface area contributed by atoms with Crippen LogP contribution in [0.1, 0.15) is 37.8 Å². The van der Waals surface area contributed by atoms with Gasteiger partial charge in [-0.1, -0.05) is 37.3 Å². The number of ether oxygens (including phenoxy) is 1. The molecule has 0 saturated heterocycles. The van der Waals surface area contributed by atoms with Gasteiger partial charge in [0, 0.05) is 6.04 Å². The van der Waals surface area contributed by atoms with Crippen molar-refractivity contribution >= 4 is 5.97 Å². The van der Waals surface area contributed by atoms with Gasteiger partial charge >= 0.3 is 5.97 Å². The van der Waals surface area contributed by atoms with E-state index >= 15 is 0 Å². The van der Waals surface area contributed by atoms with Gasteiger partial charge in [-0.2, -0.15) is 0 Å². The standard InChI is InChI=1S/C15H21NO2/c1-3-13(11-9-10-11)16-14(15(17)18-2)12-7-5-4-6-8-12/h4-8,11,13-14,16H,3,9-10H2,1-2H3. The molecule has 0 amide bonds. The topological polar surface area (TPSA) is 38.3 Å². The van der Waals surface area contributed by atoms with E-state index in [1.807, 2.05) is 30.3 Å². The van der Waals surface area contributed by atoms with Crippen LogP contribution < -0.4 is 5.32 Å². The second-order valence-corrected chi connectivity index (χ2v) is 4.89. The van der Waals surface area contributed by atoms with Crippen molar-refractivity contribution in [2.75, 3.05) is 7.11 Å². The molecule has 98 valence electrons. The Labute approximate surface area is 109 Å². The van der Waals surface area contributed by atoms with Crippen molar-refractivity contribution in [2.24, 2.45) is 5.92 Å². The highest BCUT2D eigenvalue weighted by Crippen LogP contribution is 2.35. The Balaban J connectivity index is 2.12. The number of benzene rings is 1. The molecule has 1 fully saturated rings. The molecule has 1 aliphatic rings. The normalized spacial score (nSPS) is 18.1. The molecule has 0 heterocycles. The first-order valence-corrected chi connectivity index (χ1v) is 6.65. The average Bonchev–Trinajstić information content (AvgIpc) is 3.25. The zero-order valence-electron chi connectivity index (χ0n) is 11.1. The molecule has 1 aromatic carbocycles. The molecule has 2 unspecified atom stereocenters. The smallest absolute Gasteiger partial charge is 0.327 e. The molecule has 1 N–H and O–H groups in total. The fourth-order valence-corrected chi connectivity index (χ4v) is 2.36. The minimum Gasteiger partial charge on any atom is -0.468 e. The van der Waals surface area contributed by atoms with Crippen molar-refractivity contribution in [1.29, 1.82) is 0 Å². The van der Waals surface area contributed by atoms with Crippen LogP contribution in [0.15, 0.2) is 30.3 Å². The highest BCUT2D eigenvalue weighted by molar-refractivity contribution is 5.77. The number of esters is 1. The summed E-state index contributed by atoms with van der Waals surface area (Å²) in [7, 11) is 1.44. The minimum absolute atomic E-state index is 0.208. The van der Waals surface area contributed by atoms with Crippen LogP contribution in [0, 0.1) is 5.92 Å². The lowest BCUT2D eigenvalue weighted by molar-refractivity contribution is -0.143. The van der Waals surface area contributed by atoms with Crippen molar-refractivity contribution in [3.8, 4) is 0 Å². The molecule has 0 aromatic heterocycles. The Kier molecular flexibility index (Phi) is 4.37. The van der Waals surface area contributed by atoms with E-state index in [1.165, 1.54) is 20.0 Å². The predicted octanol–water partition coefficient (Wildman–Crippen LogP) is 2.68. The van der Waals surface area contributed by atoms with Gasteiger partial charge in [0.1, 0.15) is 6.04 Å². The molecule has 1 aliphatic carbocycles. The molecule has 3 heteroatoms. The lowest BCUT2D eigenvalue weighted by atomic mass is 10.0. The number of methoxy groups -OCH3 is 1. The molecular weight excluding hydrogens is 226 g/mol. The second-order valence-electron chi connectivity index (χ2n) is 4.89. The van der Waals surface area contributed by atoms with Gasteiger partial charge in [-0.3, -0.25) is 5.32 Å². The number of hydrogen-bond acceptors (Lipinski definition) is 3. The average molecular weight is 247 g/mol. The van der Waals surface area contributed by atoms with Crippen LogP contribution in [0.2, 0.25) is 0 Å². The maximum Gasteiger partial charge on any atom is 0.327 e. The highest BCUT2D eigenvalue weighted by atomic mass is 16.5. The first-order chi connectivity index (χ1) is 8.76. The molecule has 0 spiro atoms. The van der Waals surface area contributed by atoms with E-state index in [-0.39, 0.29) is 12.0 Å².